The number of rotatable bonds is 4. The molecule has 0 fully saturated rings. The molecule has 0 aliphatic heterocycles. The lowest BCUT2D eigenvalue weighted by Gasteiger charge is -2.04. The number of carbonyl (C=O) groups excluding carboxylic acids is 1. The summed E-state index contributed by atoms with van der Waals surface area (Å²) in [6.45, 7) is 0.287. The maximum Gasteiger partial charge on any atom is 0.292 e. The zero-order valence-electron chi connectivity index (χ0n) is 9.79. The summed E-state index contributed by atoms with van der Waals surface area (Å²) in [5, 5.41) is 13.2. The number of H-pyrrole nitrogens is 1. The van der Waals surface area contributed by atoms with E-state index in [0.29, 0.717) is 0 Å². The van der Waals surface area contributed by atoms with Gasteiger partial charge in [0.2, 0.25) is 0 Å². The van der Waals surface area contributed by atoms with Crippen LogP contribution in [0.1, 0.15) is 16.1 Å². The zero-order chi connectivity index (χ0) is 13.8. The monoisotopic (exact) mass is 261 g/mol. The first kappa shape index (κ1) is 12.6. The second kappa shape index (κ2) is 5.17. The fourth-order valence-corrected chi connectivity index (χ4v) is 1.52. The number of amides is 1. The second-order valence-electron chi connectivity index (χ2n) is 3.79. The van der Waals surface area contributed by atoms with Crippen molar-refractivity contribution >= 4 is 17.3 Å². The number of aromatic nitrogens is 2. The van der Waals surface area contributed by atoms with E-state index in [0.717, 1.165) is 5.69 Å². The number of nitrogens with zero attached hydrogens (tertiary/aromatic N) is 2. The fraction of sp³-hybridized carbons (Fsp3) is 0.0909. The molecule has 0 saturated carbocycles. The first-order valence-electron chi connectivity index (χ1n) is 5.37. The molecule has 0 unspecified atom stereocenters. The Balaban J connectivity index is 2.07. The topological polar surface area (TPSA) is 127 Å². The van der Waals surface area contributed by atoms with Gasteiger partial charge in [0.25, 0.3) is 11.6 Å². The van der Waals surface area contributed by atoms with E-state index in [1.54, 1.807) is 6.20 Å². The van der Waals surface area contributed by atoms with E-state index in [-0.39, 0.29) is 29.4 Å². The number of nitrogens with one attached hydrogen (secondary N) is 2. The lowest BCUT2D eigenvalue weighted by molar-refractivity contribution is -0.383. The molecule has 2 rings (SSSR count). The molecule has 1 aromatic carbocycles. The molecule has 0 saturated heterocycles. The van der Waals surface area contributed by atoms with Crippen molar-refractivity contribution in [2.24, 2.45) is 0 Å². The van der Waals surface area contributed by atoms with Gasteiger partial charge in [-0.3, -0.25) is 14.9 Å². The first-order valence-corrected chi connectivity index (χ1v) is 5.37. The van der Waals surface area contributed by atoms with Crippen molar-refractivity contribution in [3.8, 4) is 0 Å². The number of imidazole rings is 1. The van der Waals surface area contributed by atoms with Crippen LogP contribution in [0.3, 0.4) is 0 Å². The van der Waals surface area contributed by atoms with Gasteiger partial charge in [0.05, 0.1) is 23.5 Å². The Hall–Kier alpha value is -2.90. The average Bonchev–Trinajstić information content (AvgIpc) is 2.88. The second-order valence-corrected chi connectivity index (χ2v) is 3.79. The Bertz CT molecular complexity index is 609. The van der Waals surface area contributed by atoms with Gasteiger partial charge in [0.15, 0.2) is 0 Å². The molecule has 0 spiro atoms. The van der Waals surface area contributed by atoms with Gasteiger partial charge in [-0.2, -0.15) is 0 Å². The Kier molecular flexibility index (Phi) is 3.42. The van der Waals surface area contributed by atoms with E-state index in [1.165, 1.54) is 24.5 Å². The molecule has 1 heterocycles. The SMILES string of the molecule is Nc1cc(C(=O)NCc2cnc[nH]2)ccc1[N+](=O)[O-]. The minimum atomic E-state index is -0.596. The van der Waals surface area contributed by atoms with Gasteiger partial charge in [-0.05, 0) is 12.1 Å². The molecule has 1 amide bonds. The average molecular weight is 261 g/mol. The number of hydrogen-bond acceptors (Lipinski definition) is 5. The van der Waals surface area contributed by atoms with Crippen molar-refractivity contribution in [3.05, 3.63) is 52.1 Å². The maximum atomic E-state index is 11.8. The molecule has 1 aromatic heterocycles. The molecular formula is C11H11N5O3. The first-order chi connectivity index (χ1) is 9.08. The van der Waals surface area contributed by atoms with E-state index in [2.05, 4.69) is 15.3 Å². The van der Waals surface area contributed by atoms with Gasteiger partial charge >= 0.3 is 0 Å². The van der Waals surface area contributed by atoms with Crippen molar-refractivity contribution in [3.63, 3.8) is 0 Å². The maximum absolute atomic E-state index is 11.8. The Morgan fingerprint density at radius 3 is 2.89 bits per heavy atom. The lowest BCUT2D eigenvalue weighted by atomic mass is 10.1. The number of hydrogen-bond donors (Lipinski definition) is 3. The molecule has 2 aromatic rings. The third-order valence-electron chi connectivity index (χ3n) is 2.48. The zero-order valence-corrected chi connectivity index (χ0v) is 9.79. The van der Waals surface area contributed by atoms with Gasteiger partial charge in [-0.1, -0.05) is 0 Å². The number of nitro groups is 1. The summed E-state index contributed by atoms with van der Waals surface area (Å²) >= 11 is 0. The van der Waals surface area contributed by atoms with E-state index < -0.39 is 4.92 Å². The number of carbonyl (C=O) groups is 1. The molecule has 19 heavy (non-hydrogen) atoms. The van der Waals surface area contributed by atoms with Crippen LogP contribution in [-0.2, 0) is 6.54 Å². The van der Waals surface area contributed by atoms with Crippen molar-refractivity contribution in [2.75, 3.05) is 5.73 Å². The number of nitrogen functional groups attached to an aromatic ring is 1. The Morgan fingerprint density at radius 2 is 2.32 bits per heavy atom. The van der Waals surface area contributed by atoms with Crippen molar-refractivity contribution in [2.45, 2.75) is 6.54 Å². The molecule has 98 valence electrons. The number of aromatic amines is 1. The van der Waals surface area contributed by atoms with Gasteiger partial charge in [0.1, 0.15) is 5.69 Å². The number of benzene rings is 1. The predicted octanol–water partition coefficient (Wildman–Crippen LogP) is 0.830. The van der Waals surface area contributed by atoms with Crippen LogP contribution in [0.25, 0.3) is 0 Å². The molecule has 0 aliphatic rings. The largest absolute Gasteiger partial charge is 0.393 e. The quantitative estimate of drug-likeness (QED) is 0.426. The van der Waals surface area contributed by atoms with E-state index in [9.17, 15) is 14.9 Å². The summed E-state index contributed by atoms with van der Waals surface area (Å²) in [5.74, 6) is -0.365. The highest BCUT2D eigenvalue weighted by atomic mass is 16.6. The van der Waals surface area contributed by atoms with E-state index in [1.807, 2.05) is 0 Å². The number of nitro benzene ring substituents is 1. The number of nitrogens with two attached hydrogens (primary N) is 1. The van der Waals surface area contributed by atoms with Crippen LogP contribution >= 0.6 is 0 Å². The summed E-state index contributed by atoms with van der Waals surface area (Å²) in [7, 11) is 0. The third-order valence-corrected chi connectivity index (χ3v) is 2.48. The van der Waals surface area contributed by atoms with E-state index in [4.69, 9.17) is 5.73 Å². The molecular weight excluding hydrogens is 250 g/mol. The summed E-state index contributed by atoms with van der Waals surface area (Å²) in [6, 6.07) is 3.84. The molecule has 0 aliphatic carbocycles. The lowest BCUT2D eigenvalue weighted by Crippen LogP contribution is -2.23. The highest BCUT2D eigenvalue weighted by Crippen LogP contribution is 2.21. The van der Waals surface area contributed by atoms with E-state index >= 15 is 0 Å². The highest BCUT2D eigenvalue weighted by Gasteiger charge is 2.14. The molecule has 4 N–H and O–H groups in total. The van der Waals surface area contributed by atoms with Crippen LogP contribution < -0.4 is 11.1 Å². The van der Waals surface area contributed by atoms with Crippen LogP contribution in [0.4, 0.5) is 11.4 Å². The molecule has 0 radical (unpaired) electrons. The summed E-state index contributed by atoms with van der Waals surface area (Å²) in [6.07, 6.45) is 3.09. The van der Waals surface area contributed by atoms with Gasteiger partial charge in [-0.25, -0.2) is 4.98 Å². The highest BCUT2D eigenvalue weighted by molar-refractivity contribution is 5.95. The van der Waals surface area contributed by atoms with Crippen LogP contribution in [0.2, 0.25) is 0 Å². The standard InChI is InChI=1S/C11H11N5O3/c12-9-3-7(1-2-10(9)16(18)19)11(17)14-5-8-4-13-6-15-8/h1-4,6H,5,12H2,(H,13,15)(H,14,17). The summed E-state index contributed by atoms with van der Waals surface area (Å²) < 4.78 is 0. The Morgan fingerprint density at radius 1 is 1.53 bits per heavy atom. The molecule has 8 heteroatoms. The van der Waals surface area contributed by atoms with Gasteiger partial charge < -0.3 is 16.0 Å². The van der Waals surface area contributed by atoms with Crippen LogP contribution in [0.15, 0.2) is 30.7 Å². The van der Waals surface area contributed by atoms with Crippen molar-refractivity contribution in [1.82, 2.24) is 15.3 Å². The van der Waals surface area contributed by atoms with Gasteiger partial charge in [-0.15, -0.1) is 0 Å². The minimum Gasteiger partial charge on any atom is -0.393 e. The normalized spacial score (nSPS) is 10.1. The Labute approximate surface area is 107 Å². The molecule has 0 atom stereocenters. The number of anilines is 1. The summed E-state index contributed by atoms with van der Waals surface area (Å²) in [5.41, 5.74) is 6.27. The molecule has 0 bridgehead atoms. The van der Waals surface area contributed by atoms with Crippen molar-refractivity contribution < 1.29 is 9.72 Å². The van der Waals surface area contributed by atoms with Crippen LogP contribution in [0.5, 0.6) is 0 Å². The predicted molar refractivity (Wildman–Crippen MR) is 67.3 cm³/mol. The van der Waals surface area contributed by atoms with Crippen LogP contribution in [0, 0.1) is 10.1 Å². The third kappa shape index (κ3) is 2.86. The van der Waals surface area contributed by atoms with Gasteiger partial charge in [0, 0.05) is 17.8 Å². The van der Waals surface area contributed by atoms with Crippen molar-refractivity contribution in [1.29, 1.82) is 0 Å². The minimum absolute atomic E-state index is 0.0424. The molecule has 8 nitrogen and oxygen atoms in total. The summed E-state index contributed by atoms with van der Waals surface area (Å²) in [4.78, 5) is 28.5. The van der Waals surface area contributed by atoms with Crippen LogP contribution in [-0.4, -0.2) is 20.8 Å². The fourth-order valence-electron chi connectivity index (χ4n) is 1.52. The smallest absolute Gasteiger partial charge is 0.292 e.